The number of hydrogen-bond donors (Lipinski definition) is 1. The predicted molar refractivity (Wildman–Crippen MR) is 87.4 cm³/mol. The van der Waals surface area contributed by atoms with Crippen LogP contribution in [0.2, 0.25) is 5.02 Å². The van der Waals surface area contributed by atoms with Crippen molar-refractivity contribution >= 4 is 45.3 Å². The summed E-state index contributed by atoms with van der Waals surface area (Å²) in [5, 5.41) is 12.5. The van der Waals surface area contributed by atoms with Crippen molar-refractivity contribution in [3.63, 3.8) is 0 Å². The molecule has 2 aromatic heterocycles. The number of halogens is 1. The maximum Gasteiger partial charge on any atom is 0.267 e. The van der Waals surface area contributed by atoms with E-state index < -0.39 is 0 Å². The molecule has 0 aliphatic heterocycles. The predicted octanol–water partition coefficient (Wildman–Crippen LogP) is 4.48. The SMILES string of the molecule is Cc1nnc(NC(=O)c2ccc(-c3ccc(Cl)cc3)s2)s1. The monoisotopic (exact) mass is 335 g/mol. The third-order valence-electron chi connectivity index (χ3n) is 2.71. The second kappa shape index (κ2) is 5.93. The fourth-order valence-electron chi connectivity index (χ4n) is 1.74. The molecule has 0 aliphatic rings. The maximum atomic E-state index is 12.1. The Balaban J connectivity index is 1.78. The largest absolute Gasteiger partial charge is 0.296 e. The Morgan fingerprint density at radius 2 is 1.86 bits per heavy atom. The summed E-state index contributed by atoms with van der Waals surface area (Å²) in [7, 11) is 0. The van der Waals surface area contributed by atoms with Crippen LogP contribution >= 0.6 is 34.3 Å². The zero-order chi connectivity index (χ0) is 14.8. The van der Waals surface area contributed by atoms with E-state index in [0.717, 1.165) is 15.4 Å². The van der Waals surface area contributed by atoms with Gasteiger partial charge < -0.3 is 0 Å². The van der Waals surface area contributed by atoms with Crippen molar-refractivity contribution in [3.05, 3.63) is 51.3 Å². The molecule has 0 atom stereocenters. The van der Waals surface area contributed by atoms with E-state index in [4.69, 9.17) is 11.6 Å². The van der Waals surface area contributed by atoms with Gasteiger partial charge in [0.15, 0.2) is 0 Å². The fraction of sp³-hybridized carbons (Fsp3) is 0.0714. The molecule has 4 nitrogen and oxygen atoms in total. The van der Waals surface area contributed by atoms with Gasteiger partial charge in [-0.25, -0.2) is 0 Å². The molecule has 1 amide bonds. The summed E-state index contributed by atoms with van der Waals surface area (Å²) in [4.78, 5) is 13.8. The van der Waals surface area contributed by atoms with Gasteiger partial charge in [0.1, 0.15) is 5.01 Å². The fourth-order valence-corrected chi connectivity index (χ4v) is 3.35. The Hall–Kier alpha value is -1.76. The zero-order valence-corrected chi connectivity index (χ0v) is 13.4. The van der Waals surface area contributed by atoms with E-state index in [1.165, 1.54) is 22.7 Å². The lowest BCUT2D eigenvalue weighted by Crippen LogP contribution is -2.09. The molecule has 1 N–H and O–H groups in total. The van der Waals surface area contributed by atoms with Crippen LogP contribution in [0.4, 0.5) is 5.13 Å². The van der Waals surface area contributed by atoms with Crippen molar-refractivity contribution in [2.75, 3.05) is 5.32 Å². The van der Waals surface area contributed by atoms with E-state index in [1.54, 1.807) is 6.07 Å². The highest BCUT2D eigenvalue weighted by atomic mass is 35.5. The highest BCUT2D eigenvalue weighted by Gasteiger charge is 2.12. The molecule has 0 radical (unpaired) electrons. The standard InChI is InChI=1S/C14H10ClN3OS2/c1-8-17-18-14(20-8)16-13(19)12-7-6-11(21-12)9-2-4-10(15)5-3-9/h2-7H,1H3,(H,16,18,19). The van der Waals surface area contributed by atoms with Gasteiger partial charge in [0.25, 0.3) is 5.91 Å². The minimum atomic E-state index is -0.170. The summed E-state index contributed by atoms with van der Waals surface area (Å²) in [6.07, 6.45) is 0. The van der Waals surface area contributed by atoms with E-state index in [9.17, 15) is 4.79 Å². The molecule has 7 heteroatoms. The van der Waals surface area contributed by atoms with Crippen LogP contribution in [0.25, 0.3) is 10.4 Å². The van der Waals surface area contributed by atoms with Crippen molar-refractivity contribution in [3.8, 4) is 10.4 Å². The third kappa shape index (κ3) is 3.29. The molecule has 0 saturated heterocycles. The Bertz CT molecular complexity index is 780. The van der Waals surface area contributed by atoms with E-state index in [1.807, 2.05) is 37.3 Å². The molecule has 0 fully saturated rings. The van der Waals surface area contributed by atoms with Gasteiger partial charge in [-0.15, -0.1) is 21.5 Å². The first-order valence-corrected chi connectivity index (χ1v) is 8.10. The summed E-state index contributed by atoms with van der Waals surface area (Å²) >= 11 is 8.65. The number of carbonyl (C=O) groups is 1. The van der Waals surface area contributed by atoms with Gasteiger partial charge in [-0.1, -0.05) is 35.1 Å². The van der Waals surface area contributed by atoms with Crippen LogP contribution < -0.4 is 5.32 Å². The van der Waals surface area contributed by atoms with Crippen LogP contribution in [-0.2, 0) is 0 Å². The number of carbonyl (C=O) groups excluding carboxylic acids is 1. The van der Waals surface area contributed by atoms with Crippen LogP contribution in [-0.4, -0.2) is 16.1 Å². The summed E-state index contributed by atoms with van der Waals surface area (Å²) in [6, 6.07) is 11.3. The highest BCUT2D eigenvalue weighted by molar-refractivity contribution is 7.18. The van der Waals surface area contributed by atoms with Gasteiger partial charge in [0.2, 0.25) is 5.13 Å². The Kier molecular flexibility index (Phi) is 4.01. The highest BCUT2D eigenvalue weighted by Crippen LogP contribution is 2.29. The lowest BCUT2D eigenvalue weighted by molar-refractivity contribution is 0.103. The van der Waals surface area contributed by atoms with Crippen molar-refractivity contribution in [1.82, 2.24) is 10.2 Å². The van der Waals surface area contributed by atoms with Crippen molar-refractivity contribution in [2.45, 2.75) is 6.92 Å². The van der Waals surface area contributed by atoms with Crippen molar-refractivity contribution < 1.29 is 4.79 Å². The molecule has 1 aromatic carbocycles. The van der Waals surface area contributed by atoms with E-state index >= 15 is 0 Å². The average molecular weight is 336 g/mol. The Morgan fingerprint density at radius 1 is 1.10 bits per heavy atom. The second-order valence-corrected chi connectivity index (χ2v) is 6.95. The molecule has 0 unspecified atom stereocenters. The van der Waals surface area contributed by atoms with Crippen LogP contribution in [0.1, 0.15) is 14.7 Å². The topological polar surface area (TPSA) is 54.9 Å². The Morgan fingerprint density at radius 3 is 2.52 bits per heavy atom. The van der Waals surface area contributed by atoms with Crippen molar-refractivity contribution in [2.24, 2.45) is 0 Å². The van der Waals surface area contributed by atoms with Gasteiger partial charge in [0.05, 0.1) is 4.88 Å². The minimum absolute atomic E-state index is 0.170. The summed E-state index contributed by atoms with van der Waals surface area (Å²) in [5.74, 6) is -0.170. The molecule has 0 bridgehead atoms. The van der Waals surface area contributed by atoms with E-state index in [-0.39, 0.29) is 5.91 Å². The van der Waals surface area contributed by atoms with Gasteiger partial charge in [-0.3, -0.25) is 10.1 Å². The summed E-state index contributed by atoms with van der Waals surface area (Å²) in [5.41, 5.74) is 1.04. The molecule has 106 valence electrons. The molecule has 3 aromatic rings. The lowest BCUT2D eigenvalue weighted by Gasteiger charge is -1.98. The number of hydrogen-bond acceptors (Lipinski definition) is 5. The number of amides is 1. The number of thiophene rings is 1. The van der Waals surface area contributed by atoms with E-state index in [2.05, 4.69) is 15.5 Å². The van der Waals surface area contributed by atoms with E-state index in [0.29, 0.717) is 15.0 Å². The first-order chi connectivity index (χ1) is 10.1. The number of nitrogens with one attached hydrogen (secondary N) is 1. The summed E-state index contributed by atoms with van der Waals surface area (Å²) < 4.78 is 0. The zero-order valence-electron chi connectivity index (χ0n) is 11.0. The third-order valence-corrected chi connectivity index (χ3v) is 4.84. The number of anilines is 1. The normalized spacial score (nSPS) is 10.6. The van der Waals surface area contributed by atoms with Gasteiger partial charge in [-0.2, -0.15) is 0 Å². The van der Waals surface area contributed by atoms with Crippen LogP contribution in [0.3, 0.4) is 0 Å². The lowest BCUT2D eigenvalue weighted by atomic mass is 10.2. The van der Waals surface area contributed by atoms with Gasteiger partial charge >= 0.3 is 0 Å². The maximum absolute atomic E-state index is 12.1. The molecular weight excluding hydrogens is 326 g/mol. The molecule has 2 heterocycles. The molecule has 21 heavy (non-hydrogen) atoms. The Labute approximate surface area is 134 Å². The smallest absolute Gasteiger partial charge is 0.267 e. The average Bonchev–Trinajstić information content (AvgIpc) is 3.09. The number of nitrogens with zero attached hydrogens (tertiary/aromatic N) is 2. The van der Waals surface area contributed by atoms with Crippen LogP contribution in [0, 0.1) is 6.92 Å². The van der Waals surface area contributed by atoms with Crippen LogP contribution in [0.5, 0.6) is 0 Å². The summed E-state index contributed by atoms with van der Waals surface area (Å²) in [6.45, 7) is 1.84. The molecule has 0 aliphatic carbocycles. The minimum Gasteiger partial charge on any atom is -0.296 e. The first kappa shape index (κ1) is 14.2. The molecule has 0 saturated carbocycles. The molecule has 0 spiro atoms. The van der Waals surface area contributed by atoms with Gasteiger partial charge in [0, 0.05) is 9.90 Å². The first-order valence-electron chi connectivity index (χ1n) is 6.09. The molecular formula is C14H10ClN3OS2. The van der Waals surface area contributed by atoms with Gasteiger partial charge in [-0.05, 0) is 36.8 Å². The van der Waals surface area contributed by atoms with Crippen LogP contribution in [0.15, 0.2) is 36.4 Å². The molecule has 3 rings (SSSR count). The second-order valence-electron chi connectivity index (χ2n) is 4.25. The number of aryl methyl sites for hydroxylation is 1. The number of aromatic nitrogens is 2. The number of rotatable bonds is 3. The quantitative estimate of drug-likeness (QED) is 0.767. The number of benzene rings is 1. The van der Waals surface area contributed by atoms with Crippen molar-refractivity contribution in [1.29, 1.82) is 0 Å².